The Kier molecular flexibility index (Phi) is 4.50. The van der Waals surface area contributed by atoms with Crippen molar-refractivity contribution in [3.05, 3.63) is 47.5 Å². The first kappa shape index (κ1) is 15.4. The highest BCUT2D eigenvalue weighted by Gasteiger charge is 2.23. The molecule has 0 spiro atoms. The molecule has 2 N–H and O–H groups in total. The number of hydrogen-bond acceptors (Lipinski definition) is 3. The highest BCUT2D eigenvalue weighted by molar-refractivity contribution is 5.74. The molecule has 0 unspecified atom stereocenters. The van der Waals surface area contributed by atoms with E-state index in [4.69, 9.17) is 4.74 Å². The van der Waals surface area contributed by atoms with E-state index < -0.39 is 0 Å². The molecule has 2 amide bonds. The van der Waals surface area contributed by atoms with E-state index in [-0.39, 0.29) is 12.1 Å². The number of aromatic nitrogens is 2. The molecule has 6 nitrogen and oxygen atoms in total. The number of imidazole rings is 1. The van der Waals surface area contributed by atoms with E-state index in [9.17, 15) is 4.79 Å². The second kappa shape index (κ2) is 6.73. The first-order chi connectivity index (χ1) is 11.1. The third-order valence-corrected chi connectivity index (χ3v) is 4.00. The number of rotatable bonds is 4. The molecule has 3 rings (SSSR count). The van der Waals surface area contributed by atoms with Crippen LogP contribution in [0.1, 0.15) is 29.3 Å². The van der Waals surface area contributed by atoms with Gasteiger partial charge in [-0.1, -0.05) is 18.2 Å². The number of carbonyl (C=O) groups is 1. The number of para-hydroxylation sites is 1. The van der Waals surface area contributed by atoms with Gasteiger partial charge in [0.05, 0.1) is 24.7 Å². The maximum Gasteiger partial charge on any atom is 0.315 e. The molecule has 0 radical (unpaired) electrons. The summed E-state index contributed by atoms with van der Waals surface area (Å²) in [6.07, 6.45) is 5.22. The van der Waals surface area contributed by atoms with Crippen LogP contribution in [0.2, 0.25) is 0 Å². The molecule has 0 aliphatic carbocycles. The van der Waals surface area contributed by atoms with Gasteiger partial charge in [0, 0.05) is 38.2 Å². The van der Waals surface area contributed by atoms with E-state index in [0.29, 0.717) is 13.2 Å². The molecule has 1 aromatic heterocycles. The lowest BCUT2D eigenvalue weighted by Crippen LogP contribution is -2.40. The number of ether oxygens (including phenoxy) is 1. The molecule has 0 bridgehead atoms. The molecule has 23 heavy (non-hydrogen) atoms. The second-order valence-electron chi connectivity index (χ2n) is 5.86. The summed E-state index contributed by atoms with van der Waals surface area (Å²) < 4.78 is 7.62. The Hall–Kier alpha value is -2.50. The van der Waals surface area contributed by atoms with E-state index in [1.54, 1.807) is 6.33 Å². The zero-order chi connectivity index (χ0) is 16.2. The van der Waals surface area contributed by atoms with Gasteiger partial charge in [-0.3, -0.25) is 0 Å². The predicted octanol–water partition coefficient (Wildman–Crippen LogP) is 2.09. The largest absolute Gasteiger partial charge is 0.493 e. The monoisotopic (exact) mass is 314 g/mol. The van der Waals surface area contributed by atoms with Crippen LogP contribution in [-0.2, 0) is 13.5 Å². The topological polar surface area (TPSA) is 68.2 Å². The molecule has 1 atom stereocenters. The van der Waals surface area contributed by atoms with Crippen LogP contribution in [0.5, 0.6) is 5.75 Å². The van der Waals surface area contributed by atoms with Crippen LogP contribution in [0, 0.1) is 6.92 Å². The van der Waals surface area contributed by atoms with Gasteiger partial charge in [-0.05, 0) is 12.5 Å². The van der Waals surface area contributed by atoms with Crippen LogP contribution in [0.15, 0.2) is 30.7 Å². The summed E-state index contributed by atoms with van der Waals surface area (Å²) in [7, 11) is 1.93. The van der Waals surface area contributed by atoms with Crippen LogP contribution in [-0.4, -0.2) is 28.7 Å². The molecule has 2 heterocycles. The van der Waals surface area contributed by atoms with Gasteiger partial charge in [0.1, 0.15) is 5.75 Å². The standard InChI is InChI=1S/C17H22N4O2/c1-12-4-3-5-14-15(7-9-23-16(12)14)20-17(22)18-8-6-13-10-21(2)11-19-13/h3-5,10-11,15H,6-9H2,1-2H3,(H2,18,20,22)/t15-/m1/s1. The zero-order valence-corrected chi connectivity index (χ0v) is 13.5. The van der Waals surface area contributed by atoms with Crippen molar-refractivity contribution in [2.24, 2.45) is 7.05 Å². The summed E-state index contributed by atoms with van der Waals surface area (Å²) >= 11 is 0. The summed E-state index contributed by atoms with van der Waals surface area (Å²) in [6.45, 7) is 3.21. The Balaban J connectivity index is 1.54. The van der Waals surface area contributed by atoms with Crippen LogP contribution < -0.4 is 15.4 Å². The van der Waals surface area contributed by atoms with Crippen molar-refractivity contribution < 1.29 is 9.53 Å². The van der Waals surface area contributed by atoms with Crippen molar-refractivity contribution in [2.75, 3.05) is 13.2 Å². The van der Waals surface area contributed by atoms with Gasteiger partial charge in [-0.25, -0.2) is 9.78 Å². The number of aryl methyl sites for hydroxylation is 2. The number of urea groups is 1. The molecule has 122 valence electrons. The van der Waals surface area contributed by atoms with Gasteiger partial charge < -0.3 is 19.9 Å². The number of carbonyl (C=O) groups excluding carboxylic acids is 1. The van der Waals surface area contributed by atoms with Gasteiger partial charge in [0.2, 0.25) is 0 Å². The van der Waals surface area contributed by atoms with E-state index in [1.165, 1.54) is 0 Å². The fourth-order valence-corrected chi connectivity index (χ4v) is 2.84. The molecule has 1 aliphatic rings. The summed E-state index contributed by atoms with van der Waals surface area (Å²) in [5.41, 5.74) is 3.13. The smallest absolute Gasteiger partial charge is 0.315 e. The fraction of sp³-hybridized carbons (Fsp3) is 0.412. The third kappa shape index (κ3) is 3.64. The van der Waals surface area contributed by atoms with Crippen molar-refractivity contribution in [3.8, 4) is 5.75 Å². The SMILES string of the molecule is Cc1cccc2c1OCC[C@H]2NC(=O)NCCc1cn(C)cn1. The van der Waals surface area contributed by atoms with Gasteiger partial charge >= 0.3 is 6.03 Å². The minimum atomic E-state index is -0.153. The van der Waals surface area contributed by atoms with E-state index >= 15 is 0 Å². The maximum atomic E-state index is 12.1. The van der Waals surface area contributed by atoms with Crippen LogP contribution in [0.3, 0.4) is 0 Å². The summed E-state index contributed by atoms with van der Waals surface area (Å²) in [5, 5.41) is 5.93. The number of nitrogens with one attached hydrogen (secondary N) is 2. The average Bonchev–Trinajstić information content (AvgIpc) is 2.94. The number of nitrogens with zero attached hydrogens (tertiary/aromatic N) is 2. The lowest BCUT2D eigenvalue weighted by atomic mass is 9.98. The van der Waals surface area contributed by atoms with Crippen molar-refractivity contribution in [1.82, 2.24) is 20.2 Å². The first-order valence-electron chi connectivity index (χ1n) is 7.87. The highest BCUT2D eigenvalue weighted by Crippen LogP contribution is 2.34. The Morgan fingerprint density at radius 1 is 1.48 bits per heavy atom. The maximum absolute atomic E-state index is 12.1. The summed E-state index contributed by atoms with van der Waals surface area (Å²) in [6, 6.07) is 5.87. The number of hydrogen-bond donors (Lipinski definition) is 2. The Morgan fingerprint density at radius 3 is 3.13 bits per heavy atom. The lowest BCUT2D eigenvalue weighted by molar-refractivity contribution is 0.223. The minimum absolute atomic E-state index is 0.00602. The van der Waals surface area contributed by atoms with E-state index in [2.05, 4.69) is 15.6 Å². The number of amides is 2. The summed E-state index contributed by atoms with van der Waals surface area (Å²) in [5.74, 6) is 0.900. The van der Waals surface area contributed by atoms with Gasteiger partial charge in [-0.15, -0.1) is 0 Å². The predicted molar refractivity (Wildman–Crippen MR) is 87.5 cm³/mol. The number of fused-ring (bicyclic) bond motifs is 1. The van der Waals surface area contributed by atoms with Gasteiger partial charge in [-0.2, -0.15) is 0 Å². The van der Waals surface area contributed by atoms with Crippen LogP contribution >= 0.6 is 0 Å². The molecular weight excluding hydrogens is 292 g/mol. The molecule has 6 heteroatoms. The average molecular weight is 314 g/mol. The van der Waals surface area contributed by atoms with Gasteiger partial charge in [0.15, 0.2) is 0 Å². The van der Waals surface area contributed by atoms with E-state index in [0.717, 1.165) is 35.4 Å². The molecule has 0 saturated carbocycles. The van der Waals surface area contributed by atoms with Crippen molar-refractivity contribution in [2.45, 2.75) is 25.8 Å². The van der Waals surface area contributed by atoms with Crippen LogP contribution in [0.25, 0.3) is 0 Å². The number of benzene rings is 1. The molecule has 1 aromatic carbocycles. The quantitative estimate of drug-likeness (QED) is 0.908. The Labute approximate surface area is 135 Å². The normalized spacial score (nSPS) is 16.3. The molecule has 1 aliphatic heterocycles. The van der Waals surface area contributed by atoms with Crippen molar-refractivity contribution in [3.63, 3.8) is 0 Å². The van der Waals surface area contributed by atoms with Gasteiger partial charge in [0.25, 0.3) is 0 Å². The molecule has 0 fully saturated rings. The molecule has 2 aromatic rings. The Bertz CT molecular complexity index is 696. The Morgan fingerprint density at radius 2 is 2.35 bits per heavy atom. The molecule has 0 saturated heterocycles. The van der Waals surface area contributed by atoms with E-state index in [1.807, 2.05) is 42.9 Å². The lowest BCUT2D eigenvalue weighted by Gasteiger charge is -2.27. The second-order valence-corrected chi connectivity index (χ2v) is 5.86. The fourth-order valence-electron chi connectivity index (χ4n) is 2.84. The third-order valence-electron chi connectivity index (χ3n) is 4.00. The highest BCUT2D eigenvalue weighted by atomic mass is 16.5. The first-order valence-corrected chi connectivity index (χ1v) is 7.87. The summed E-state index contributed by atoms with van der Waals surface area (Å²) in [4.78, 5) is 16.4. The minimum Gasteiger partial charge on any atom is -0.493 e. The van der Waals surface area contributed by atoms with Crippen LogP contribution in [0.4, 0.5) is 4.79 Å². The van der Waals surface area contributed by atoms with Crippen molar-refractivity contribution >= 4 is 6.03 Å². The van der Waals surface area contributed by atoms with Crippen molar-refractivity contribution in [1.29, 1.82) is 0 Å². The molecular formula is C17H22N4O2. The zero-order valence-electron chi connectivity index (χ0n) is 13.5.